The summed E-state index contributed by atoms with van der Waals surface area (Å²) in [5.74, 6) is 0.368. The summed E-state index contributed by atoms with van der Waals surface area (Å²) in [5, 5.41) is 9.20. The Morgan fingerprint density at radius 3 is 2.47 bits per heavy atom. The van der Waals surface area contributed by atoms with Crippen molar-refractivity contribution in [2.45, 2.75) is 6.43 Å². The standard InChI is InChI=1S/C23H15ClF3N5/c1-31(22-17-8-7-16(24)11-19(17)32-12-28-30-23(32)29-22)20-10-15(6-9-18(20)25)13-2-4-14(5-3-13)21(26)27/h2-12,21H,1H3. The molecule has 0 aliphatic rings. The van der Waals surface area contributed by atoms with Gasteiger partial charge in [0.15, 0.2) is 0 Å². The molecule has 3 aromatic carbocycles. The average molecular weight is 454 g/mol. The van der Waals surface area contributed by atoms with E-state index < -0.39 is 12.2 Å². The Bertz CT molecular complexity index is 1450. The van der Waals surface area contributed by atoms with Crippen molar-refractivity contribution in [3.8, 4) is 11.1 Å². The van der Waals surface area contributed by atoms with Crippen LogP contribution in [0.1, 0.15) is 12.0 Å². The third kappa shape index (κ3) is 3.42. The monoisotopic (exact) mass is 453 g/mol. The average Bonchev–Trinajstić information content (AvgIpc) is 3.27. The minimum absolute atomic E-state index is 0.0656. The van der Waals surface area contributed by atoms with Crippen molar-refractivity contribution in [3.63, 3.8) is 0 Å². The Kier molecular flexibility index (Phi) is 4.94. The molecule has 0 fully saturated rings. The van der Waals surface area contributed by atoms with E-state index in [4.69, 9.17) is 11.6 Å². The van der Waals surface area contributed by atoms with E-state index in [9.17, 15) is 13.2 Å². The topological polar surface area (TPSA) is 46.3 Å². The smallest absolute Gasteiger partial charge is 0.263 e. The molecule has 0 saturated heterocycles. The van der Waals surface area contributed by atoms with Crippen LogP contribution in [0.4, 0.5) is 24.7 Å². The number of alkyl halides is 2. The molecule has 2 heterocycles. The summed E-state index contributed by atoms with van der Waals surface area (Å²) < 4.78 is 42.3. The first-order valence-corrected chi connectivity index (χ1v) is 10.0. The van der Waals surface area contributed by atoms with Gasteiger partial charge in [0.05, 0.1) is 11.2 Å². The van der Waals surface area contributed by atoms with E-state index in [-0.39, 0.29) is 11.3 Å². The lowest BCUT2D eigenvalue weighted by atomic mass is 10.0. The molecule has 0 atom stereocenters. The van der Waals surface area contributed by atoms with Crippen molar-refractivity contribution < 1.29 is 13.2 Å². The van der Waals surface area contributed by atoms with Gasteiger partial charge in [-0.2, -0.15) is 4.98 Å². The minimum Gasteiger partial charge on any atom is -0.326 e. The molecule has 0 unspecified atom stereocenters. The van der Waals surface area contributed by atoms with Crippen molar-refractivity contribution in [1.82, 2.24) is 19.6 Å². The lowest BCUT2D eigenvalue weighted by molar-refractivity contribution is 0.151. The van der Waals surface area contributed by atoms with Crippen molar-refractivity contribution in [2.24, 2.45) is 0 Å². The quantitative estimate of drug-likeness (QED) is 0.314. The Morgan fingerprint density at radius 2 is 1.72 bits per heavy atom. The SMILES string of the molecule is CN(c1cc(-c2ccc(C(F)F)cc2)ccc1F)c1nc2nncn2c2cc(Cl)ccc12. The van der Waals surface area contributed by atoms with Gasteiger partial charge in [-0.15, -0.1) is 10.2 Å². The van der Waals surface area contributed by atoms with Gasteiger partial charge in [0.1, 0.15) is 18.0 Å². The number of aromatic nitrogens is 4. The maximum Gasteiger partial charge on any atom is 0.263 e. The fourth-order valence-corrected chi connectivity index (χ4v) is 3.83. The number of nitrogens with zero attached hydrogens (tertiary/aromatic N) is 5. The van der Waals surface area contributed by atoms with E-state index in [2.05, 4.69) is 15.2 Å². The van der Waals surface area contributed by atoms with Crippen LogP contribution in [0.5, 0.6) is 0 Å². The Morgan fingerprint density at radius 1 is 0.969 bits per heavy atom. The Hall–Kier alpha value is -3.65. The van der Waals surface area contributed by atoms with Crippen molar-refractivity contribution in [3.05, 3.63) is 83.4 Å². The summed E-state index contributed by atoms with van der Waals surface area (Å²) in [6, 6.07) is 15.8. The maximum absolute atomic E-state index is 14.9. The molecule has 0 radical (unpaired) electrons. The van der Waals surface area contributed by atoms with Crippen LogP contribution < -0.4 is 4.90 Å². The second kappa shape index (κ2) is 7.80. The highest BCUT2D eigenvalue weighted by atomic mass is 35.5. The fraction of sp³-hybridized carbons (Fsp3) is 0.0870. The number of hydrogen-bond donors (Lipinski definition) is 0. The number of benzene rings is 3. The third-order valence-corrected chi connectivity index (χ3v) is 5.55. The molecule has 32 heavy (non-hydrogen) atoms. The normalized spacial score (nSPS) is 11.6. The minimum atomic E-state index is -2.54. The van der Waals surface area contributed by atoms with E-state index in [1.165, 1.54) is 24.5 Å². The molecule has 0 spiro atoms. The van der Waals surface area contributed by atoms with Gasteiger partial charge in [0, 0.05) is 23.0 Å². The highest BCUT2D eigenvalue weighted by molar-refractivity contribution is 6.31. The van der Waals surface area contributed by atoms with Gasteiger partial charge >= 0.3 is 0 Å². The van der Waals surface area contributed by atoms with Crippen LogP contribution in [0.3, 0.4) is 0 Å². The molecule has 5 rings (SSSR count). The molecule has 0 bridgehead atoms. The van der Waals surface area contributed by atoms with Gasteiger partial charge < -0.3 is 4.90 Å². The highest BCUT2D eigenvalue weighted by Crippen LogP contribution is 2.35. The molecular weight excluding hydrogens is 439 g/mol. The van der Waals surface area contributed by atoms with Crippen LogP contribution in [0.25, 0.3) is 27.8 Å². The zero-order valence-corrected chi connectivity index (χ0v) is 17.4. The van der Waals surface area contributed by atoms with Crippen molar-refractivity contribution >= 4 is 39.8 Å². The predicted octanol–water partition coefficient (Wildman–Crippen LogP) is 6.44. The number of hydrogen-bond acceptors (Lipinski definition) is 4. The lowest BCUT2D eigenvalue weighted by Crippen LogP contribution is -2.14. The van der Waals surface area contributed by atoms with E-state index in [0.717, 1.165) is 10.9 Å². The van der Waals surface area contributed by atoms with Gasteiger partial charge in [-0.1, -0.05) is 41.9 Å². The third-order valence-electron chi connectivity index (χ3n) is 5.32. The zero-order valence-electron chi connectivity index (χ0n) is 16.7. The molecule has 0 saturated carbocycles. The molecule has 0 aliphatic heterocycles. The number of fused-ring (bicyclic) bond motifs is 3. The van der Waals surface area contributed by atoms with Crippen LogP contribution in [0.15, 0.2) is 67.0 Å². The van der Waals surface area contributed by atoms with Gasteiger partial charge in [-0.05, 0) is 41.5 Å². The fourth-order valence-electron chi connectivity index (χ4n) is 3.66. The molecule has 0 amide bonds. The van der Waals surface area contributed by atoms with Crippen molar-refractivity contribution in [2.75, 3.05) is 11.9 Å². The first-order valence-electron chi connectivity index (χ1n) is 9.63. The first kappa shape index (κ1) is 20.3. The van der Waals surface area contributed by atoms with Crippen molar-refractivity contribution in [1.29, 1.82) is 0 Å². The summed E-state index contributed by atoms with van der Waals surface area (Å²) in [5.41, 5.74) is 2.32. The second-order valence-corrected chi connectivity index (χ2v) is 7.68. The largest absolute Gasteiger partial charge is 0.326 e. The summed E-state index contributed by atoms with van der Waals surface area (Å²) in [6.45, 7) is 0. The highest BCUT2D eigenvalue weighted by Gasteiger charge is 2.18. The van der Waals surface area contributed by atoms with E-state index in [1.807, 2.05) is 0 Å². The first-order chi connectivity index (χ1) is 15.4. The van der Waals surface area contributed by atoms with Crippen LogP contribution >= 0.6 is 11.6 Å². The van der Waals surface area contributed by atoms with Crippen LogP contribution in [-0.2, 0) is 0 Å². The molecule has 5 aromatic rings. The number of halogens is 4. The van der Waals surface area contributed by atoms with Crippen LogP contribution in [-0.4, -0.2) is 26.6 Å². The molecule has 0 N–H and O–H groups in total. The Balaban J connectivity index is 1.63. The summed E-state index contributed by atoms with van der Waals surface area (Å²) in [6.07, 6.45) is -1.01. The van der Waals surface area contributed by atoms with E-state index in [1.54, 1.807) is 58.8 Å². The molecule has 9 heteroatoms. The molecule has 160 valence electrons. The summed E-state index contributed by atoms with van der Waals surface area (Å²) in [4.78, 5) is 6.19. The number of anilines is 2. The molecular formula is C23H15ClF3N5. The second-order valence-electron chi connectivity index (χ2n) is 7.25. The van der Waals surface area contributed by atoms with Gasteiger partial charge in [-0.25, -0.2) is 13.2 Å². The zero-order chi connectivity index (χ0) is 22.4. The summed E-state index contributed by atoms with van der Waals surface area (Å²) in [7, 11) is 1.70. The molecule has 0 aliphatic carbocycles. The van der Waals surface area contributed by atoms with Crippen LogP contribution in [0.2, 0.25) is 5.02 Å². The predicted molar refractivity (Wildman–Crippen MR) is 118 cm³/mol. The maximum atomic E-state index is 14.9. The van der Waals surface area contributed by atoms with Gasteiger partial charge in [0.25, 0.3) is 12.2 Å². The van der Waals surface area contributed by atoms with Crippen LogP contribution in [0, 0.1) is 5.82 Å². The number of rotatable bonds is 4. The lowest BCUT2D eigenvalue weighted by Gasteiger charge is -2.22. The van der Waals surface area contributed by atoms with Gasteiger partial charge in [0.2, 0.25) is 0 Å². The van der Waals surface area contributed by atoms with E-state index in [0.29, 0.717) is 27.7 Å². The van der Waals surface area contributed by atoms with E-state index >= 15 is 0 Å². The Labute approximate surface area is 185 Å². The van der Waals surface area contributed by atoms with Gasteiger partial charge in [-0.3, -0.25) is 4.40 Å². The summed E-state index contributed by atoms with van der Waals surface area (Å²) >= 11 is 6.18. The molecule has 2 aromatic heterocycles. The molecule has 5 nitrogen and oxygen atoms in total.